The minimum atomic E-state index is 0.597. The number of hydrogen-bond acceptors (Lipinski definition) is 0. The third kappa shape index (κ3) is 0.672. The molecule has 0 heteroatoms. The fourth-order valence-electron chi connectivity index (χ4n) is 1.85. The summed E-state index contributed by atoms with van der Waals surface area (Å²) in [7, 11) is 0. The van der Waals surface area contributed by atoms with E-state index in [1.165, 1.54) is 17.0 Å². The molecule has 0 fully saturated rings. The molecule has 0 N–H and O–H groups in total. The van der Waals surface area contributed by atoms with Crippen LogP contribution in [0.25, 0.3) is 6.08 Å². The summed E-state index contributed by atoms with van der Waals surface area (Å²) in [6, 6.07) is 8.56. The van der Waals surface area contributed by atoms with Gasteiger partial charge in [0.05, 0.1) is 0 Å². The van der Waals surface area contributed by atoms with Gasteiger partial charge in [-0.25, -0.2) is 0 Å². The molecule has 1 radical (unpaired) electrons. The van der Waals surface area contributed by atoms with E-state index in [0.717, 1.165) is 0 Å². The second kappa shape index (κ2) is 2.10. The predicted octanol–water partition coefficient (Wildman–Crippen LogP) is 2.82. The Labute approximate surface area is 72.2 Å². The average molecular weight is 153 g/mol. The van der Waals surface area contributed by atoms with Gasteiger partial charge < -0.3 is 0 Å². The van der Waals surface area contributed by atoms with E-state index in [9.17, 15) is 0 Å². The first-order valence-electron chi connectivity index (χ1n) is 4.28. The first-order chi connectivity index (χ1) is 5.95. The fourth-order valence-corrected chi connectivity index (χ4v) is 1.85. The van der Waals surface area contributed by atoms with Crippen LogP contribution in [0.2, 0.25) is 0 Å². The molecule has 2 aliphatic rings. The zero-order chi connectivity index (χ0) is 7.97. The van der Waals surface area contributed by atoms with Crippen molar-refractivity contribution in [2.24, 2.45) is 5.92 Å². The lowest BCUT2D eigenvalue weighted by Crippen LogP contribution is -2.18. The van der Waals surface area contributed by atoms with Crippen molar-refractivity contribution >= 4 is 6.08 Å². The van der Waals surface area contributed by atoms with Gasteiger partial charge in [0.25, 0.3) is 0 Å². The van der Waals surface area contributed by atoms with Gasteiger partial charge in [0.1, 0.15) is 0 Å². The molecule has 0 aromatic heterocycles. The quantitative estimate of drug-likeness (QED) is 0.537. The van der Waals surface area contributed by atoms with Gasteiger partial charge in [-0.3, -0.25) is 0 Å². The Balaban J connectivity index is 2.22. The summed E-state index contributed by atoms with van der Waals surface area (Å²) >= 11 is 0. The van der Waals surface area contributed by atoms with E-state index < -0.39 is 0 Å². The van der Waals surface area contributed by atoms with Gasteiger partial charge in [0, 0.05) is 11.8 Å². The van der Waals surface area contributed by atoms with Gasteiger partial charge in [-0.15, -0.1) is 0 Å². The lowest BCUT2D eigenvalue weighted by molar-refractivity contribution is 0.823. The second-order valence-corrected chi connectivity index (χ2v) is 3.29. The molecule has 0 saturated carbocycles. The van der Waals surface area contributed by atoms with Crippen molar-refractivity contribution in [1.29, 1.82) is 0 Å². The maximum atomic E-state index is 2.26. The summed E-state index contributed by atoms with van der Waals surface area (Å²) in [6.07, 6.45) is 8.93. The highest BCUT2D eigenvalue weighted by Gasteiger charge is 2.28. The predicted molar refractivity (Wildman–Crippen MR) is 50.5 cm³/mol. The molecule has 2 aliphatic carbocycles. The van der Waals surface area contributed by atoms with Crippen LogP contribution in [-0.4, -0.2) is 0 Å². The average Bonchev–Trinajstić information content (AvgIpc) is 2.05. The van der Waals surface area contributed by atoms with E-state index >= 15 is 0 Å². The summed E-state index contributed by atoms with van der Waals surface area (Å²) < 4.78 is 0. The number of allylic oxidation sites excluding steroid dienone is 3. The van der Waals surface area contributed by atoms with E-state index in [0.29, 0.717) is 5.92 Å². The highest BCUT2D eigenvalue weighted by Crippen LogP contribution is 2.40. The van der Waals surface area contributed by atoms with E-state index in [-0.39, 0.29) is 0 Å². The number of benzene rings is 1. The van der Waals surface area contributed by atoms with Crippen LogP contribution in [-0.2, 0) is 0 Å². The molecule has 0 nitrogen and oxygen atoms in total. The summed E-state index contributed by atoms with van der Waals surface area (Å²) in [4.78, 5) is 0. The Morgan fingerprint density at radius 2 is 1.75 bits per heavy atom. The molecule has 3 rings (SSSR count). The van der Waals surface area contributed by atoms with Crippen molar-refractivity contribution in [3.8, 4) is 0 Å². The monoisotopic (exact) mass is 153 g/mol. The van der Waals surface area contributed by atoms with Crippen LogP contribution >= 0.6 is 0 Å². The van der Waals surface area contributed by atoms with Crippen molar-refractivity contribution in [1.82, 2.24) is 0 Å². The Morgan fingerprint density at radius 3 is 2.58 bits per heavy atom. The molecule has 57 valence electrons. The van der Waals surface area contributed by atoms with Crippen molar-refractivity contribution < 1.29 is 0 Å². The third-order valence-corrected chi connectivity index (χ3v) is 2.60. The molecule has 0 amide bonds. The van der Waals surface area contributed by atoms with Crippen LogP contribution in [0.4, 0.5) is 0 Å². The van der Waals surface area contributed by atoms with Gasteiger partial charge >= 0.3 is 0 Å². The standard InChI is InChI=1S/C12H9/c1-2-4-11-9(3-1)5-6-10-7-8-12(10)11/h1-8,10H. The van der Waals surface area contributed by atoms with Gasteiger partial charge in [0.15, 0.2) is 0 Å². The molecule has 1 aromatic rings. The van der Waals surface area contributed by atoms with Crippen LogP contribution in [0.1, 0.15) is 11.1 Å². The van der Waals surface area contributed by atoms with Gasteiger partial charge in [-0.1, -0.05) is 48.6 Å². The number of fused-ring (bicyclic) bond motifs is 3. The molecule has 0 bridgehead atoms. The van der Waals surface area contributed by atoms with Gasteiger partial charge in [-0.2, -0.15) is 0 Å². The summed E-state index contributed by atoms with van der Waals surface area (Å²) in [5, 5.41) is 0. The summed E-state index contributed by atoms with van der Waals surface area (Å²) in [5.74, 6) is 2.08. The molecule has 1 unspecified atom stereocenters. The topological polar surface area (TPSA) is 0 Å². The first-order valence-corrected chi connectivity index (χ1v) is 4.28. The molecular formula is C12H9. The smallest absolute Gasteiger partial charge is 0.0376 e. The number of rotatable bonds is 0. The largest absolute Gasteiger partial charge is 0.0794 e. The third-order valence-electron chi connectivity index (χ3n) is 2.60. The van der Waals surface area contributed by atoms with Crippen molar-refractivity contribution in [2.45, 2.75) is 0 Å². The fraction of sp³-hybridized carbons (Fsp3) is 0.0833. The minimum Gasteiger partial charge on any atom is -0.0794 e. The Morgan fingerprint density at radius 1 is 0.917 bits per heavy atom. The molecular weight excluding hydrogens is 144 g/mol. The van der Waals surface area contributed by atoms with E-state index in [1.54, 1.807) is 0 Å². The van der Waals surface area contributed by atoms with Gasteiger partial charge in [-0.05, 0) is 11.1 Å². The summed E-state index contributed by atoms with van der Waals surface area (Å²) in [5.41, 5.74) is 2.76. The molecule has 1 aromatic carbocycles. The zero-order valence-corrected chi connectivity index (χ0v) is 6.70. The maximum absolute atomic E-state index is 2.26. The molecule has 12 heavy (non-hydrogen) atoms. The lowest BCUT2D eigenvalue weighted by atomic mass is 9.72. The zero-order valence-electron chi connectivity index (χ0n) is 6.70. The highest BCUT2D eigenvalue weighted by atomic mass is 14.3. The summed E-state index contributed by atoms with van der Waals surface area (Å²) in [6.45, 7) is 0. The van der Waals surface area contributed by atoms with Crippen molar-refractivity contribution in [3.63, 3.8) is 0 Å². The van der Waals surface area contributed by atoms with Crippen LogP contribution in [0, 0.1) is 11.8 Å². The molecule has 0 spiro atoms. The van der Waals surface area contributed by atoms with Crippen LogP contribution < -0.4 is 0 Å². The van der Waals surface area contributed by atoms with E-state index in [1.807, 2.05) is 0 Å². The van der Waals surface area contributed by atoms with Crippen LogP contribution in [0.5, 0.6) is 0 Å². The molecule has 1 atom stereocenters. The lowest BCUT2D eigenvalue weighted by Gasteiger charge is -2.31. The van der Waals surface area contributed by atoms with Crippen LogP contribution in [0.15, 0.2) is 42.5 Å². The highest BCUT2D eigenvalue weighted by molar-refractivity contribution is 5.68. The Kier molecular flexibility index (Phi) is 1.09. The molecule has 0 aliphatic heterocycles. The van der Waals surface area contributed by atoms with E-state index in [2.05, 4.69) is 48.6 Å². The van der Waals surface area contributed by atoms with Gasteiger partial charge in [0.2, 0.25) is 0 Å². The van der Waals surface area contributed by atoms with Crippen LogP contribution in [0.3, 0.4) is 0 Å². The van der Waals surface area contributed by atoms with E-state index in [4.69, 9.17) is 0 Å². The number of hydrogen-bond donors (Lipinski definition) is 0. The molecule has 0 saturated heterocycles. The minimum absolute atomic E-state index is 0.597. The van der Waals surface area contributed by atoms with Crippen molar-refractivity contribution in [3.05, 3.63) is 59.5 Å². The maximum Gasteiger partial charge on any atom is 0.0376 e. The second-order valence-electron chi connectivity index (χ2n) is 3.29. The molecule has 0 heterocycles. The Hall–Kier alpha value is -1.30. The van der Waals surface area contributed by atoms with Crippen molar-refractivity contribution in [2.75, 3.05) is 0 Å². The first kappa shape index (κ1) is 6.24. The SMILES string of the molecule is C1=CC2C=Cc3ccccc3[C]12. The normalized spacial score (nSPS) is 24.5. The Bertz CT molecular complexity index is 371.